The molecule has 0 aliphatic heterocycles. The summed E-state index contributed by atoms with van der Waals surface area (Å²) in [5, 5.41) is 12.3. The fraction of sp³-hybridized carbons (Fsp3) is 0.444. The number of rotatable bonds is 12. The summed E-state index contributed by atoms with van der Waals surface area (Å²) in [5.74, 6) is 0. The average Bonchev–Trinajstić information content (AvgIpc) is 2.91. The molecule has 0 amide bonds. The largest absolute Gasteiger partial charge is 0.0654 e. The first kappa shape index (κ1) is 25.1. The van der Waals surface area contributed by atoms with Gasteiger partial charge in [0.25, 0.3) is 0 Å². The van der Waals surface area contributed by atoms with Crippen LogP contribution in [0.15, 0.2) is 48.5 Å². The van der Waals surface area contributed by atoms with Gasteiger partial charge in [0.15, 0.2) is 0 Å². The Balaban J connectivity index is 2.02. The second-order valence-corrected chi connectivity index (χ2v) is 11.0. The lowest BCUT2D eigenvalue weighted by Gasteiger charge is -2.23. The minimum atomic E-state index is 1.18. The highest BCUT2D eigenvalue weighted by Gasteiger charge is 2.21. The van der Waals surface area contributed by atoms with Crippen LogP contribution in [-0.4, -0.2) is 0 Å². The summed E-state index contributed by atoms with van der Waals surface area (Å²) < 4.78 is 0. The molecule has 0 heteroatoms. The number of aryl methyl sites for hydroxylation is 4. The standard InChI is InChI=1S/C36H44/c1-5-9-13-25-17-21-29-22-19-27(15-11-7-3)33-34-28(16-12-8-4)20-24-30-23-18-26(14-10-6-2)32(36(30)34)31(25)35(29)33/h17-24H,5-16H2,1-4H3. The minimum Gasteiger partial charge on any atom is -0.0654 e. The van der Waals surface area contributed by atoms with E-state index in [9.17, 15) is 0 Å². The first-order chi connectivity index (χ1) is 17.7. The van der Waals surface area contributed by atoms with E-state index in [4.69, 9.17) is 0 Å². The van der Waals surface area contributed by atoms with Gasteiger partial charge >= 0.3 is 0 Å². The van der Waals surface area contributed by atoms with Crippen LogP contribution in [0.5, 0.6) is 0 Å². The highest BCUT2D eigenvalue weighted by Crippen LogP contribution is 2.46. The third-order valence-corrected chi connectivity index (χ3v) is 8.42. The van der Waals surface area contributed by atoms with Crippen molar-refractivity contribution in [3.05, 3.63) is 70.8 Å². The molecular formula is C36H44. The van der Waals surface area contributed by atoms with Gasteiger partial charge < -0.3 is 0 Å². The number of hydrogen-bond acceptors (Lipinski definition) is 0. The van der Waals surface area contributed by atoms with Gasteiger partial charge in [0.05, 0.1) is 0 Å². The number of hydrogen-bond donors (Lipinski definition) is 0. The van der Waals surface area contributed by atoms with E-state index in [1.165, 1.54) is 87.8 Å². The molecule has 188 valence electrons. The minimum absolute atomic E-state index is 1.18. The Morgan fingerprint density at radius 1 is 0.333 bits per heavy atom. The monoisotopic (exact) mass is 476 g/mol. The molecule has 0 spiro atoms. The lowest BCUT2D eigenvalue weighted by Crippen LogP contribution is -2.00. The predicted octanol–water partition coefficient (Wildman–Crippen LogP) is 11.1. The molecule has 0 atom stereocenters. The molecule has 0 N–H and O–H groups in total. The zero-order valence-electron chi connectivity index (χ0n) is 23.1. The lowest BCUT2D eigenvalue weighted by atomic mass is 9.80. The SMILES string of the molecule is CCCCc1ccc2ccc(CCCC)c3c4c(CCCC)ccc5ccc(CCCC)c(c1c23)c54. The first-order valence-corrected chi connectivity index (χ1v) is 14.9. The Hall–Kier alpha value is -2.60. The summed E-state index contributed by atoms with van der Waals surface area (Å²) in [6, 6.07) is 19.5. The molecule has 5 aromatic carbocycles. The molecule has 0 fully saturated rings. The van der Waals surface area contributed by atoms with Crippen molar-refractivity contribution in [2.45, 2.75) is 105 Å². The van der Waals surface area contributed by atoms with E-state index in [1.807, 2.05) is 0 Å². The summed E-state index contributed by atoms with van der Waals surface area (Å²) in [7, 11) is 0. The van der Waals surface area contributed by atoms with Gasteiger partial charge in [-0.15, -0.1) is 0 Å². The summed E-state index contributed by atoms with van der Waals surface area (Å²) in [5.41, 5.74) is 6.25. The number of benzene rings is 5. The van der Waals surface area contributed by atoms with Gasteiger partial charge in [0.1, 0.15) is 0 Å². The molecule has 0 aliphatic carbocycles. The van der Waals surface area contributed by atoms with Crippen molar-refractivity contribution >= 4 is 43.1 Å². The van der Waals surface area contributed by atoms with Gasteiger partial charge in [0.2, 0.25) is 0 Å². The van der Waals surface area contributed by atoms with E-state index in [-0.39, 0.29) is 0 Å². The highest BCUT2D eigenvalue weighted by molar-refractivity contribution is 6.35. The van der Waals surface area contributed by atoms with Gasteiger partial charge in [-0.05, 0) is 117 Å². The number of unbranched alkanes of at least 4 members (excludes halogenated alkanes) is 4. The highest BCUT2D eigenvalue weighted by atomic mass is 14.2. The van der Waals surface area contributed by atoms with Crippen molar-refractivity contribution in [1.82, 2.24) is 0 Å². The van der Waals surface area contributed by atoms with E-state index in [0.717, 1.165) is 0 Å². The molecule has 0 aliphatic rings. The molecule has 0 saturated heterocycles. The maximum absolute atomic E-state index is 2.46. The van der Waals surface area contributed by atoms with Crippen LogP contribution in [-0.2, 0) is 25.7 Å². The fourth-order valence-corrected chi connectivity index (χ4v) is 6.45. The molecular weight excluding hydrogens is 432 g/mol. The van der Waals surface area contributed by atoms with Crippen molar-refractivity contribution in [1.29, 1.82) is 0 Å². The normalized spacial score (nSPS) is 12.1. The third-order valence-electron chi connectivity index (χ3n) is 8.42. The van der Waals surface area contributed by atoms with E-state index < -0.39 is 0 Å². The van der Waals surface area contributed by atoms with Gasteiger partial charge in [0, 0.05) is 0 Å². The fourth-order valence-electron chi connectivity index (χ4n) is 6.45. The summed E-state index contributed by atoms with van der Waals surface area (Å²) in [6.07, 6.45) is 14.7. The molecule has 0 heterocycles. The van der Waals surface area contributed by atoms with Crippen molar-refractivity contribution in [2.75, 3.05) is 0 Å². The number of fused-ring (bicyclic) bond motifs is 2. The van der Waals surface area contributed by atoms with Gasteiger partial charge in [-0.25, -0.2) is 0 Å². The van der Waals surface area contributed by atoms with Gasteiger partial charge in [-0.1, -0.05) is 102 Å². The maximum Gasteiger partial charge on any atom is -0.00206 e. The van der Waals surface area contributed by atoms with Crippen LogP contribution in [0, 0.1) is 0 Å². The van der Waals surface area contributed by atoms with Crippen LogP contribution < -0.4 is 0 Å². The first-order valence-electron chi connectivity index (χ1n) is 14.9. The lowest BCUT2D eigenvalue weighted by molar-refractivity contribution is 0.795. The van der Waals surface area contributed by atoms with Crippen LogP contribution in [0.3, 0.4) is 0 Å². The Kier molecular flexibility index (Phi) is 7.80. The Labute approximate surface area is 218 Å². The van der Waals surface area contributed by atoms with Crippen LogP contribution in [0.1, 0.15) is 101 Å². The Morgan fingerprint density at radius 3 is 0.806 bits per heavy atom. The second kappa shape index (κ2) is 11.2. The molecule has 0 radical (unpaired) electrons. The molecule has 0 bridgehead atoms. The van der Waals surface area contributed by atoms with Gasteiger partial charge in [-0.3, -0.25) is 0 Å². The van der Waals surface area contributed by atoms with Crippen LogP contribution >= 0.6 is 0 Å². The summed E-state index contributed by atoms with van der Waals surface area (Å²) in [6.45, 7) is 9.29. The predicted molar refractivity (Wildman–Crippen MR) is 162 cm³/mol. The molecule has 0 saturated carbocycles. The molecule has 0 nitrogen and oxygen atoms in total. The molecule has 0 aromatic heterocycles. The van der Waals surface area contributed by atoms with Crippen molar-refractivity contribution in [3.63, 3.8) is 0 Å². The molecule has 36 heavy (non-hydrogen) atoms. The Morgan fingerprint density at radius 2 is 0.583 bits per heavy atom. The molecule has 0 unspecified atom stereocenters. The topological polar surface area (TPSA) is 0 Å². The van der Waals surface area contributed by atoms with Gasteiger partial charge in [-0.2, -0.15) is 0 Å². The maximum atomic E-state index is 2.46. The average molecular weight is 477 g/mol. The van der Waals surface area contributed by atoms with Crippen molar-refractivity contribution in [2.24, 2.45) is 0 Å². The smallest absolute Gasteiger partial charge is 0.00206 e. The molecule has 5 aromatic rings. The summed E-state index contributed by atoms with van der Waals surface area (Å²) >= 11 is 0. The van der Waals surface area contributed by atoms with E-state index in [1.54, 1.807) is 54.6 Å². The zero-order valence-corrected chi connectivity index (χ0v) is 23.1. The zero-order chi connectivity index (χ0) is 25.1. The van der Waals surface area contributed by atoms with E-state index in [2.05, 4.69) is 76.2 Å². The second-order valence-electron chi connectivity index (χ2n) is 11.0. The van der Waals surface area contributed by atoms with E-state index >= 15 is 0 Å². The Bertz CT molecular complexity index is 1250. The van der Waals surface area contributed by atoms with E-state index in [0.29, 0.717) is 0 Å². The van der Waals surface area contributed by atoms with Crippen molar-refractivity contribution in [3.8, 4) is 0 Å². The van der Waals surface area contributed by atoms with Crippen LogP contribution in [0.25, 0.3) is 43.1 Å². The van der Waals surface area contributed by atoms with Crippen molar-refractivity contribution < 1.29 is 0 Å². The molecule has 5 rings (SSSR count). The third kappa shape index (κ3) is 4.38. The summed E-state index contributed by atoms with van der Waals surface area (Å²) in [4.78, 5) is 0. The quantitative estimate of drug-likeness (QED) is 0.124. The van der Waals surface area contributed by atoms with Crippen LogP contribution in [0.4, 0.5) is 0 Å². The van der Waals surface area contributed by atoms with Crippen LogP contribution in [0.2, 0.25) is 0 Å².